The highest BCUT2D eigenvalue weighted by atomic mass is 32.2. The predicted octanol–water partition coefficient (Wildman–Crippen LogP) is 1.40. The fourth-order valence-corrected chi connectivity index (χ4v) is 1.95. The zero-order valence-corrected chi connectivity index (χ0v) is 8.58. The van der Waals surface area contributed by atoms with Crippen LogP contribution in [0.15, 0.2) is 41.3 Å². The predicted molar refractivity (Wildman–Crippen MR) is 58.1 cm³/mol. The van der Waals surface area contributed by atoms with Crippen LogP contribution in [0.1, 0.15) is 0 Å². The molecule has 0 amide bonds. The van der Waals surface area contributed by atoms with Crippen LogP contribution in [-0.2, 0) is 10.0 Å². The van der Waals surface area contributed by atoms with Gasteiger partial charge in [0.2, 0.25) is 10.0 Å². The Balaban J connectivity index is 2.75. The first kappa shape index (κ1) is 9.95. The summed E-state index contributed by atoms with van der Waals surface area (Å²) >= 11 is 0. The highest BCUT2D eigenvalue weighted by Crippen LogP contribution is 2.21. The van der Waals surface area contributed by atoms with Crippen LogP contribution in [0.3, 0.4) is 0 Å². The van der Waals surface area contributed by atoms with E-state index in [9.17, 15) is 8.42 Å². The van der Waals surface area contributed by atoms with Crippen molar-refractivity contribution >= 4 is 26.5 Å². The second-order valence-corrected chi connectivity index (χ2v) is 4.83. The second kappa shape index (κ2) is 3.22. The van der Waals surface area contributed by atoms with Gasteiger partial charge in [-0.05, 0) is 35.0 Å². The molecule has 0 saturated heterocycles. The Hall–Kier alpha value is -1.59. The number of rotatable bonds is 1. The van der Waals surface area contributed by atoms with E-state index in [4.69, 9.17) is 10.9 Å². The summed E-state index contributed by atoms with van der Waals surface area (Å²) in [6.07, 6.45) is 0. The van der Waals surface area contributed by atoms with Gasteiger partial charge >= 0.3 is 0 Å². The topological polar surface area (TPSA) is 84.0 Å². The Morgan fingerprint density at radius 3 is 2.33 bits per heavy atom. The molecule has 2 aromatic rings. The first-order chi connectivity index (χ1) is 6.97. The van der Waals surface area contributed by atoms with Gasteiger partial charge in [0.05, 0.1) is 10.6 Å². The van der Waals surface area contributed by atoms with Crippen LogP contribution >= 0.6 is 0 Å². The number of benzene rings is 2. The van der Waals surface area contributed by atoms with E-state index in [0.717, 1.165) is 5.39 Å². The molecule has 77 valence electrons. The molecule has 2 rings (SSSR count). The molecule has 4 nitrogen and oxygen atoms in total. The number of primary sulfonamides is 1. The van der Waals surface area contributed by atoms with Gasteiger partial charge in [-0.1, -0.05) is 12.1 Å². The van der Waals surface area contributed by atoms with Gasteiger partial charge in [0, 0.05) is 0 Å². The zero-order valence-electron chi connectivity index (χ0n) is 7.77. The van der Waals surface area contributed by atoms with Gasteiger partial charge in [-0.25, -0.2) is 13.6 Å². The van der Waals surface area contributed by atoms with Gasteiger partial charge in [-0.3, -0.25) is 0 Å². The van der Waals surface area contributed by atoms with E-state index in [1.165, 1.54) is 12.1 Å². The lowest BCUT2D eigenvalue weighted by Crippen LogP contribution is -2.11. The first-order valence-corrected chi connectivity index (χ1v) is 5.80. The van der Waals surface area contributed by atoms with E-state index in [1.807, 2.05) is 0 Å². The third-order valence-electron chi connectivity index (χ3n) is 2.14. The Kier molecular flexibility index (Phi) is 2.13. The van der Waals surface area contributed by atoms with Gasteiger partial charge in [0.1, 0.15) is 0 Å². The number of hydrogen-bond acceptors (Lipinski definition) is 2. The van der Waals surface area contributed by atoms with Crippen molar-refractivity contribution in [3.05, 3.63) is 36.4 Å². The highest BCUT2D eigenvalue weighted by molar-refractivity contribution is 7.89. The molecule has 0 bridgehead atoms. The van der Waals surface area contributed by atoms with Gasteiger partial charge in [-0.15, -0.1) is 0 Å². The second-order valence-electron chi connectivity index (χ2n) is 3.27. The minimum atomic E-state index is -3.67. The average Bonchev–Trinajstić information content (AvgIpc) is 2.15. The average molecular weight is 221 g/mol. The first-order valence-electron chi connectivity index (χ1n) is 4.25. The summed E-state index contributed by atoms with van der Waals surface area (Å²) in [6, 6.07) is 9.63. The number of sulfonamides is 1. The molecule has 0 fully saturated rings. The van der Waals surface area contributed by atoms with Crippen molar-refractivity contribution in [2.45, 2.75) is 4.90 Å². The zero-order chi connectivity index (χ0) is 11.1. The summed E-state index contributed by atoms with van der Waals surface area (Å²) < 4.78 is 22.2. The molecule has 0 saturated carbocycles. The number of fused-ring (bicyclic) bond motifs is 1. The van der Waals surface area contributed by atoms with Crippen LogP contribution in [0.4, 0.5) is 5.69 Å². The van der Waals surface area contributed by atoms with E-state index in [1.54, 1.807) is 24.3 Å². The lowest BCUT2D eigenvalue weighted by molar-refractivity contribution is 0.598. The van der Waals surface area contributed by atoms with Crippen LogP contribution in [0, 0.1) is 0 Å². The van der Waals surface area contributed by atoms with Crippen molar-refractivity contribution in [3.8, 4) is 0 Å². The number of nitrogens with two attached hydrogens (primary N) is 1. The molecular weight excluding hydrogens is 212 g/mol. The summed E-state index contributed by atoms with van der Waals surface area (Å²) in [5.41, 5.74) is 7.76. The Labute approximate surface area is 87.6 Å². The van der Waals surface area contributed by atoms with Crippen LogP contribution in [0.25, 0.3) is 10.8 Å². The smallest absolute Gasteiger partial charge is 0.238 e. The summed E-state index contributed by atoms with van der Waals surface area (Å²) in [6.45, 7) is 0. The van der Waals surface area contributed by atoms with E-state index in [2.05, 4.69) is 0 Å². The molecule has 0 aromatic heterocycles. The number of nitrogens with one attached hydrogen (secondary N) is 1. The maximum Gasteiger partial charge on any atom is 0.238 e. The fraction of sp³-hybridized carbons (Fsp3) is 0. The van der Waals surface area contributed by atoms with Crippen molar-refractivity contribution in [2.75, 3.05) is 0 Å². The van der Waals surface area contributed by atoms with Crippen molar-refractivity contribution in [2.24, 2.45) is 5.14 Å². The monoisotopic (exact) mass is 221 g/mol. The summed E-state index contributed by atoms with van der Waals surface area (Å²) in [7, 11) is -3.67. The molecule has 0 heterocycles. The molecule has 15 heavy (non-hydrogen) atoms. The van der Waals surface area contributed by atoms with Crippen molar-refractivity contribution in [1.82, 2.24) is 5.73 Å². The van der Waals surface area contributed by atoms with Gasteiger partial charge in [-0.2, -0.15) is 0 Å². The third kappa shape index (κ3) is 1.93. The van der Waals surface area contributed by atoms with Crippen LogP contribution < -0.4 is 10.9 Å². The molecule has 0 atom stereocenters. The third-order valence-corrected chi connectivity index (χ3v) is 3.05. The Morgan fingerprint density at radius 1 is 1.00 bits per heavy atom. The lowest BCUT2D eigenvalue weighted by atomic mass is 10.1. The summed E-state index contributed by atoms with van der Waals surface area (Å²) in [4.78, 5) is 0.0700. The van der Waals surface area contributed by atoms with Gasteiger partial charge in [0.15, 0.2) is 0 Å². The van der Waals surface area contributed by atoms with E-state index in [0.29, 0.717) is 11.1 Å². The van der Waals surface area contributed by atoms with E-state index >= 15 is 0 Å². The summed E-state index contributed by atoms with van der Waals surface area (Å²) in [5, 5.41) is 6.60. The normalized spacial score (nSPS) is 11.8. The number of hydrogen-bond donors (Lipinski definition) is 1. The molecule has 0 spiro atoms. The maximum atomic E-state index is 11.1. The molecule has 1 radical (unpaired) electrons. The van der Waals surface area contributed by atoms with E-state index in [-0.39, 0.29) is 4.90 Å². The van der Waals surface area contributed by atoms with Crippen molar-refractivity contribution in [1.29, 1.82) is 0 Å². The molecule has 0 aliphatic carbocycles. The van der Waals surface area contributed by atoms with Gasteiger partial charge in [0.25, 0.3) is 0 Å². The molecule has 0 aliphatic heterocycles. The van der Waals surface area contributed by atoms with Crippen molar-refractivity contribution < 1.29 is 8.42 Å². The molecule has 2 aromatic carbocycles. The SMILES string of the molecule is [NH]c1ccc2ccc(S(N)(=O)=O)cc2c1. The molecule has 5 heteroatoms. The minimum Gasteiger partial charge on any atom is -0.301 e. The van der Waals surface area contributed by atoms with Crippen LogP contribution in [0.2, 0.25) is 0 Å². The molecule has 0 unspecified atom stereocenters. The Morgan fingerprint density at radius 2 is 1.67 bits per heavy atom. The summed E-state index contributed by atoms with van der Waals surface area (Å²) in [5.74, 6) is 0. The lowest BCUT2D eigenvalue weighted by Gasteiger charge is -2.02. The molecule has 0 aliphatic rings. The Bertz CT molecular complexity index is 620. The van der Waals surface area contributed by atoms with Crippen LogP contribution in [-0.4, -0.2) is 8.42 Å². The largest absolute Gasteiger partial charge is 0.301 e. The van der Waals surface area contributed by atoms with Crippen molar-refractivity contribution in [3.63, 3.8) is 0 Å². The van der Waals surface area contributed by atoms with E-state index < -0.39 is 10.0 Å². The fourth-order valence-electron chi connectivity index (χ4n) is 1.40. The maximum absolute atomic E-state index is 11.1. The standard InChI is InChI=1S/C10H9N2O2S/c11-9-3-1-7-2-4-10(15(12,13)14)6-8(7)5-9/h1-6,11H,(H2,12,13,14). The molecular formula is C10H9N2O2S. The van der Waals surface area contributed by atoms with Crippen LogP contribution in [0.5, 0.6) is 0 Å². The highest BCUT2D eigenvalue weighted by Gasteiger charge is 2.07. The molecule has 3 N–H and O–H groups in total. The minimum absolute atomic E-state index is 0.0700. The quantitative estimate of drug-likeness (QED) is 0.789. The van der Waals surface area contributed by atoms with Gasteiger partial charge < -0.3 is 5.73 Å².